The molecule has 0 aliphatic heterocycles. The standard InChI is InChI=1S/C13H8ClN3O3/c14-10-6-9(20-13(18)19)7-11-15-16-12(17(10)11)8-4-2-1-3-5-8/h1-7H,(H,18,19). The van der Waals surface area contributed by atoms with Crippen LogP contribution in [0.2, 0.25) is 5.15 Å². The van der Waals surface area contributed by atoms with Crippen molar-refractivity contribution in [1.82, 2.24) is 14.6 Å². The van der Waals surface area contributed by atoms with Crippen molar-refractivity contribution in [3.8, 4) is 17.1 Å². The molecule has 3 rings (SSSR count). The minimum Gasteiger partial charge on any atom is -0.449 e. The Morgan fingerprint density at radius 3 is 2.65 bits per heavy atom. The molecular formula is C13H8ClN3O3. The van der Waals surface area contributed by atoms with Crippen LogP contribution in [0.3, 0.4) is 0 Å². The molecule has 2 aromatic heterocycles. The van der Waals surface area contributed by atoms with E-state index >= 15 is 0 Å². The highest BCUT2D eigenvalue weighted by molar-refractivity contribution is 6.30. The lowest BCUT2D eigenvalue weighted by Gasteiger charge is -2.05. The number of nitrogens with zero attached hydrogens (tertiary/aromatic N) is 3. The molecule has 0 unspecified atom stereocenters. The van der Waals surface area contributed by atoms with E-state index in [0.29, 0.717) is 11.5 Å². The van der Waals surface area contributed by atoms with Gasteiger partial charge in [-0.25, -0.2) is 4.79 Å². The smallest absolute Gasteiger partial charge is 0.449 e. The summed E-state index contributed by atoms with van der Waals surface area (Å²) in [6.45, 7) is 0. The van der Waals surface area contributed by atoms with Gasteiger partial charge in [-0.15, -0.1) is 10.2 Å². The molecule has 1 aromatic carbocycles. The van der Waals surface area contributed by atoms with Crippen molar-refractivity contribution in [3.63, 3.8) is 0 Å². The highest BCUT2D eigenvalue weighted by atomic mass is 35.5. The van der Waals surface area contributed by atoms with E-state index in [9.17, 15) is 4.79 Å². The largest absolute Gasteiger partial charge is 0.511 e. The lowest BCUT2D eigenvalue weighted by Crippen LogP contribution is -2.03. The quantitative estimate of drug-likeness (QED) is 0.579. The van der Waals surface area contributed by atoms with E-state index in [1.54, 1.807) is 4.40 Å². The van der Waals surface area contributed by atoms with Gasteiger partial charge in [0.15, 0.2) is 11.5 Å². The number of ether oxygens (including phenoxy) is 1. The molecule has 0 bridgehead atoms. The molecule has 3 aromatic rings. The Bertz CT molecular complexity index is 786. The van der Waals surface area contributed by atoms with E-state index < -0.39 is 6.16 Å². The summed E-state index contributed by atoms with van der Waals surface area (Å²) in [5.74, 6) is 0.675. The SMILES string of the molecule is O=C(O)Oc1cc(Cl)n2c(-c3ccccc3)nnc2c1. The van der Waals surface area contributed by atoms with E-state index in [1.165, 1.54) is 12.1 Å². The number of fused-ring (bicyclic) bond motifs is 1. The molecule has 0 radical (unpaired) electrons. The average Bonchev–Trinajstić information content (AvgIpc) is 2.83. The van der Waals surface area contributed by atoms with Gasteiger partial charge in [0.25, 0.3) is 0 Å². The fourth-order valence-corrected chi connectivity index (χ4v) is 2.16. The van der Waals surface area contributed by atoms with Gasteiger partial charge in [-0.3, -0.25) is 4.40 Å². The number of hydrogen-bond acceptors (Lipinski definition) is 4. The second-order valence-corrected chi connectivity index (χ2v) is 4.35. The van der Waals surface area contributed by atoms with Crippen LogP contribution in [0, 0.1) is 0 Å². The van der Waals surface area contributed by atoms with Crippen LogP contribution in [-0.2, 0) is 0 Å². The Hall–Kier alpha value is -2.60. The summed E-state index contributed by atoms with van der Waals surface area (Å²) in [6, 6.07) is 12.3. The van der Waals surface area contributed by atoms with Crippen molar-refractivity contribution in [3.05, 3.63) is 47.6 Å². The molecule has 0 saturated carbocycles. The third-order valence-corrected chi connectivity index (χ3v) is 2.95. The number of rotatable bonds is 2. The lowest BCUT2D eigenvalue weighted by molar-refractivity contribution is 0.144. The summed E-state index contributed by atoms with van der Waals surface area (Å²) in [7, 11) is 0. The van der Waals surface area contributed by atoms with E-state index in [1.807, 2.05) is 30.3 Å². The first kappa shape index (κ1) is 12.4. The van der Waals surface area contributed by atoms with Gasteiger partial charge in [0, 0.05) is 17.7 Å². The summed E-state index contributed by atoms with van der Waals surface area (Å²) in [4.78, 5) is 10.5. The van der Waals surface area contributed by atoms with Crippen LogP contribution in [-0.4, -0.2) is 25.9 Å². The third kappa shape index (κ3) is 2.17. The number of hydrogen-bond donors (Lipinski definition) is 1. The number of aromatic nitrogens is 3. The zero-order valence-electron chi connectivity index (χ0n) is 10.0. The Labute approximate surface area is 118 Å². The van der Waals surface area contributed by atoms with Crippen LogP contribution in [0.1, 0.15) is 0 Å². The summed E-state index contributed by atoms with van der Waals surface area (Å²) in [5, 5.41) is 16.9. The summed E-state index contributed by atoms with van der Waals surface area (Å²) in [5.41, 5.74) is 1.27. The van der Waals surface area contributed by atoms with Crippen molar-refractivity contribution in [1.29, 1.82) is 0 Å². The normalized spacial score (nSPS) is 10.7. The summed E-state index contributed by atoms with van der Waals surface area (Å²) < 4.78 is 6.19. The van der Waals surface area contributed by atoms with Gasteiger partial charge in [0.1, 0.15) is 10.9 Å². The highest BCUT2D eigenvalue weighted by Crippen LogP contribution is 2.26. The Morgan fingerprint density at radius 1 is 1.20 bits per heavy atom. The molecule has 0 spiro atoms. The maximum Gasteiger partial charge on any atom is 0.511 e. The lowest BCUT2D eigenvalue weighted by atomic mass is 10.2. The number of carboxylic acid groups (broad SMARTS) is 1. The van der Waals surface area contributed by atoms with Gasteiger partial charge in [-0.05, 0) is 0 Å². The van der Waals surface area contributed by atoms with Crippen molar-refractivity contribution in [2.45, 2.75) is 0 Å². The molecule has 100 valence electrons. The van der Waals surface area contributed by atoms with Crippen molar-refractivity contribution < 1.29 is 14.6 Å². The van der Waals surface area contributed by atoms with Gasteiger partial charge in [0.2, 0.25) is 0 Å². The van der Waals surface area contributed by atoms with Crippen LogP contribution in [0.15, 0.2) is 42.5 Å². The fraction of sp³-hybridized carbons (Fsp3) is 0. The maximum absolute atomic E-state index is 10.5. The molecular weight excluding hydrogens is 282 g/mol. The van der Waals surface area contributed by atoms with E-state index in [4.69, 9.17) is 16.7 Å². The Morgan fingerprint density at radius 2 is 1.95 bits per heavy atom. The zero-order chi connectivity index (χ0) is 14.1. The first-order valence-electron chi connectivity index (χ1n) is 5.66. The fourth-order valence-electron chi connectivity index (χ4n) is 1.89. The van der Waals surface area contributed by atoms with Crippen LogP contribution in [0.5, 0.6) is 5.75 Å². The minimum atomic E-state index is -1.41. The number of pyridine rings is 1. The zero-order valence-corrected chi connectivity index (χ0v) is 10.8. The number of carbonyl (C=O) groups is 1. The average molecular weight is 290 g/mol. The van der Waals surface area contributed by atoms with Crippen molar-refractivity contribution in [2.24, 2.45) is 0 Å². The first-order chi connectivity index (χ1) is 9.65. The predicted octanol–water partition coefficient (Wildman–Crippen LogP) is 3.11. The van der Waals surface area contributed by atoms with Crippen molar-refractivity contribution in [2.75, 3.05) is 0 Å². The van der Waals surface area contributed by atoms with Gasteiger partial charge >= 0.3 is 6.16 Å². The molecule has 0 aliphatic carbocycles. The Kier molecular flexibility index (Phi) is 3.00. The van der Waals surface area contributed by atoms with Crippen LogP contribution < -0.4 is 4.74 Å². The predicted molar refractivity (Wildman–Crippen MR) is 72.1 cm³/mol. The Balaban J connectivity index is 2.16. The molecule has 20 heavy (non-hydrogen) atoms. The second-order valence-electron chi connectivity index (χ2n) is 3.96. The maximum atomic E-state index is 10.5. The molecule has 0 saturated heterocycles. The van der Waals surface area contributed by atoms with Gasteiger partial charge in [0.05, 0.1) is 0 Å². The molecule has 0 amide bonds. The topological polar surface area (TPSA) is 76.7 Å². The van der Waals surface area contributed by atoms with E-state index in [-0.39, 0.29) is 10.9 Å². The van der Waals surface area contributed by atoms with Crippen LogP contribution in [0.25, 0.3) is 17.0 Å². The first-order valence-corrected chi connectivity index (χ1v) is 6.04. The minimum absolute atomic E-state index is 0.0991. The molecule has 2 heterocycles. The molecule has 0 atom stereocenters. The van der Waals surface area contributed by atoms with E-state index in [0.717, 1.165) is 5.56 Å². The van der Waals surface area contributed by atoms with Gasteiger partial charge in [-0.1, -0.05) is 41.9 Å². The second kappa shape index (κ2) is 4.82. The molecule has 0 aliphatic rings. The molecule has 0 fully saturated rings. The van der Waals surface area contributed by atoms with Crippen molar-refractivity contribution >= 4 is 23.4 Å². The number of benzene rings is 1. The molecule has 6 nitrogen and oxygen atoms in total. The highest BCUT2D eigenvalue weighted by Gasteiger charge is 2.13. The third-order valence-electron chi connectivity index (χ3n) is 2.67. The molecule has 7 heteroatoms. The van der Waals surface area contributed by atoms with E-state index in [2.05, 4.69) is 14.9 Å². The monoisotopic (exact) mass is 289 g/mol. The number of halogens is 1. The molecule has 1 N–H and O–H groups in total. The van der Waals surface area contributed by atoms with Crippen LogP contribution >= 0.6 is 11.6 Å². The van der Waals surface area contributed by atoms with Crippen LogP contribution in [0.4, 0.5) is 4.79 Å². The van der Waals surface area contributed by atoms with Gasteiger partial charge in [-0.2, -0.15) is 0 Å². The van der Waals surface area contributed by atoms with Gasteiger partial charge < -0.3 is 9.84 Å². The summed E-state index contributed by atoms with van der Waals surface area (Å²) >= 11 is 6.15. The summed E-state index contributed by atoms with van der Waals surface area (Å²) in [6.07, 6.45) is -1.41.